The second-order valence-corrected chi connectivity index (χ2v) is 5.28. The van der Waals surface area contributed by atoms with Crippen molar-refractivity contribution in [2.75, 3.05) is 5.32 Å². The maximum absolute atomic E-state index is 12.1. The van der Waals surface area contributed by atoms with E-state index >= 15 is 0 Å². The summed E-state index contributed by atoms with van der Waals surface area (Å²) in [6, 6.07) is 20.6. The summed E-state index contributed by atoms with van der Waals surface area (Å²) in [5, 5.41) is 15.5. The molecule has 0 bridgehead atoms. The van der Waals surface area contributed by atoms with Crippen molar-refractivity contribution in [2.24, 2.45) is 0 Å². The Morgan fingerprint density at radius 3 is 2.39 bits per heavy atom. The number of benzene rings is 3. The molecule has 0 saturated carbocycles. The molecule has 0 fully saturated rings. The molecule has 0 aromatic heterocycles. The Bertz CT molecular complexity index is 872. The van der Waals surface area contributed by atoms with Gasteiger partial charge in [-0.1, -0.05) is 60.7 Å². The van der Waals surface area contributed by atoms with Crippen LogP contribution in [0.15, 0.2) is 66.7 Å². The van der Waals surface area contributed by atoms with E-state index in [4.69, 9.17) is 5.41 Å². The Morgan fingerprint density at radius 2 is 1.61 bits per heavy atom. The molecular weight excluding hydrogens is 286 g/mol. The number of aryl methyl sites for hydroxylation is 1. The first kappa shape index (κ1) is 14.8. The number of hydrogen-bond donors (Lipinski definition) is 3. The third-order valence-electron chi connectivity index (χ3n) is 3.75. The molecule has 4 nitrogen and oxygen atoms in total. The third-order valence-corrected chi connectivity index (χ3v) is 3.75. The molecule has 3 N–H and O–H groups in total. The van der Waals surface area contributed by atoms with Gasteiger partial charge in [-0.05, 0) is 29.3 Å². The maximum Gasteiger partial charge on any atom is 0.324 e. The standard InChI is InChI=1S/C19H17N3O/c1-13-16-10-6-5-7-14(16)11-12-17(13)21-19(23)22-18(20)15-8-3-2-4-9-15/h2-12H,1H3,(H3,20,21,22,23). The molecule has 23 heavy (non-hydrogen) atoms. The van der Waals surface area contributed by atoms with Crippen molar-refractivity contribution in [3.63, 3.8) is 0 Å². The smallest absolute Gasteiger partial charge is 0.307 e. The lowest BCUT2D eigenvalue weighted by Gasteiger charge is -2.12. The van der Waals surface area contributed by atoms with E-state index in [1.165, 1.54) is 0 Å². The second-order valence-electron chi connectivity index (χ2n) is 5.28. The Hall–Kier alpha value is -3.14. The number of carbonyl (C=O) groups excluding carboxylic acids is 1. The molecule has 0 heterocycles. The normalized spacial score (nSPS) is 10.3. The molecule has 2 amide bonds. The van der Waals surface area contributed by atoms with Crippen LogP contribution < -0.4 is 10.6 Å². The lowest BCUT2D eigenvalue weighted by molar-refractivity contribution is 0.256. The van der Waals surface area contributed by atoms with Crippen LogP contribution in [-0.4, -0.2) is 11.9 Å². The highest BCUT2D eigenvalue weighted by Crippen LogP contribution is 2.25. The molecule has 0 aliphatic rings. The highest BCUT2D eigenvalue weighted by molar-refractivity contribution is 6.09. The van der Waals surface area contributed by atoms with Crippen LogP contribution in [0, 0.1) is 12.3 Å². The highest BCUT2D eigenvalue weighted by atomic mass is 16.2. The summed E-state index contributed by atoms with van der Waals surface area (Å²) in [5.41, 5.74) is 2.41. The van der Waals surface area contributed by atoms with Crippen LogP contribution in [0.3, 0.4) is 0 Å². The molecule has 3 aromatic rings. The van der Waals surface area contributed by atoms with E-state index in [9.17, 15) is 4.79 Å². The number of amidine groups is 1. The average Bonchev–Trinajstić information content (AvgIpc) is 2.58. The van der Waals surface area contributed by atoms with Gasteiger partial charge in [-0.25, -0.2) is 4.79 Å². The van der Waals surface area contributed by atoms with E-state index in [2.05, 4.69) is 10.6 Å². The minimum absolute atomic E-state index is 0.0709. The van der Waals surface area contributed by atoms with E-state index in [0.29, 0.717) is 5.56 Å². The van der Waals surface area contributed by atoms with Gasteiger partial charge in [-0.15, -0.1) is 0 Å². The van der Waals surface area contributed by atoms with Crippen molar-refractivity contribution >= 4 is 28.3 Å². The first-order valence-corrected chi connectivity index (χ1v) is 7.35. The number of fused-ring (bicyclic) bond motifs is 1. The van der Waals surface area contributed by atoms with Gasteiger partial charge in [0.15, 0.2) is 0 Å². The van der Waals surface area contributed by atoms with Gasteiger partial charge in [0.2, 0.25) is 0 Å². The fourth-order valence-corrected chi connectivity index (χ4v) is 2.51. The number of nitrogens with one attached hydrogen (secondary N) is 3. The van der Waals surface area contributed by atoms with Crippen LogP contribution in [0.25, 0.3) is 10.8 Å². The van der Waals surface area contributed by atoms with E-state index < -0.39 is 6.03 Å². The zero-order valence-electron chi connectivity index (χ0n) is 12.8. The first-order chi connectivity index (χ1) is 11.1. The van der Waals surface area contributed by atoms with Crippen LogP contribution in [0.2, 0.25) is 0 Å². The third kappa shape index (κ3) is 3.21. The zero-order valence-corrected chi connectivity index (χ0v) is 12.8. The molecule has 3 rings (SSSR count). The monoisotopic (exact) mass is 303 g/mol. The van der Waals surface area contributed by atoms with Crippen LogP contribution in [0.5, 0.6) is 0 Å². The fourth-order valence-electron chi connectivity index (χ4n) is 2.51. The van der Waals surface area contributed by atoms with Crippen LogP contribution >= 0.6 is 0 Å². The number of amides is 2. The van der Waals surface area contributed by atoms with Gasteiger partial charge in [0, 0.05) is 11.3 Å². The predicted octanol–water partition coefficient (Wildman–Crippen LogP) is 4.30. The largest absolute Gasteiger partial charge is 0.324 e. The second kappa shape index (κ2) is 6.32. The molecule has 0 unspecified atom stereocenters. The van der Waals surface area contributed by atoms with Crippen LogP contribution in [-0.2, 0) is 0 Å². The minimum atomic E-state index is -0.419. The molecule has 0 atom stereocenters. The lowest BCUT2D eigenvalue weighted by atomic mass is 10.0. The van der Waals surface area contributed by atoms with Crippen molar-refractivity contribution in [1.29, 1.82) is 5.41 Å². The Labute approximate surface area is 134 Å². The number of hydrogen-bond acceptors (Lipinski definition) is 2. The lowest BCUT2D eigenvalue weighted by Crippen LogP contribution is -2.34. The zero-order chi connectivity index (χ0) is 16.2. The van der Waals surface area contributed by atoms with E-state index in [1.807, 2.05) is 61.5 Å². The molecule has 0 saturated heterocycles. The Kier molecular flexibility index (Phi) is 4.06. The summed E-state index contributed by atoms with van der Waals surface area (Å²) in [6.07, 6.45) is 0. The summed E-state index contributed by atoms with van der Waals surface area (Å²) in [4.78, 5) is 12.1. The summed E-state index contributed by atoms with van der Waals surface area (Å²) >= 11 is 0. The van der Waals surface area contributed by atoms with Crippen molar-refractivity contribution in [3.05, 3.63) is 77.9 Å². The van der Waals surface area contributed by atoms with Gasteiger partial charge in [-0.2, -0.15) is 0 Å². The minimum Gasteiger partial charge on any atom is -0.307 e. The Balaban J connectivity index is 1.76. The average molecular weight is 303 g/mol. The predicted molar refractivity (Wildman–Crippen MR) is 94.1 cm³/mol. The Morgan fingerprint density at radius 1 is 0.913 bits per heavy atom. The highest BCUT2D eigenvalue weighted by Gasteiger charge is 2.09. The van der Waals surface area contributed by atoms with Gasteiger partial charge in [0.1, 0.15) is 5.84 Å². The molecule has 0 aliphatic heterocycles. The van der Waals surface area contributed by atoms with Gasteiger partial charge in [0.05, 0.1) is 0 Å². The van der Waals surface area contributed by atoms with Gasteiger partial charge < -0.3 is 5.32 Å². The van der Waals surface area contributed by atoms with E-state index in [1.54, 1.807) is 12.1 Å². The molecule has 0 spiro atoms. The molecule has 114 valence electrons. The van der Waals surface area contributed by atoms with E-state index in [-0.39, 0.29) is 5.84 Å². The van der Waals surface area contributed by atoms with Crippen molar-refractivity contribution in [1.82, 2.24) is 5.32 Å². The SMILES string of the molecule is Cc1c(NC(=O)NC(=N)c2ccccc2)ccc2ccccc12. The quantitative estimate of drug-likeness (QED) is 0.480. The van der Waals surface area contributed by atoms with Crippen LogP contribution in [0.1, 0.15) is 11.1 Å². The van der Waals surface area contributed by atoms with Crippen molar-refractivity contribution < 1.29 is 4.79 Å². The van der Waals surface area contributed by atoms with Crippen LogP contribution in [0.4, 0.5) is 10.5 Å². The summed E-state index contributed by atoms with van der Waals surface area (Å²) < 4.78 is 0. The topological polar surface area (TPSA) is 65.0 Å². The van der Waals surface area contributed by atoms with Crippen molar-refractivity contribution in [2.45, 2.75) is 6.92 Å². The van der Waals surface area contributed by atoms with Gasteiger partial charge >= 0.3 is 6.03 Å². The van der Waals surface area contributed by atoms with Crippen molar-refractivity contribution in [3.8, 4) is 0 Å². The molecule has 3 aromatic carbocycles. The number of carbonyl (C=O) groups is 1. The maximum atomic E-state index is 12.1. The summed E-state index contributed by atoms with van der Waals surface area (Å²) in [7, 11) is 0. The molecular formula is C19H17N3O. The molecule has 0 aliphatic carbocycles. The molecule has 0 radical (unpaired) electrons. The fraction of sp³-hybridized carbons (Fsp3) is 0.0526. The van der Waals surface area contributed by atoms with E-state index in [0.717, 1.165) is 22.0 Å². The number of rotatable bonds is 2. The number of anilines is 1. The summed E-state index contributed by atoms with van der Waals surface area (Å²) in [5.74, 6) is 0.0709. The first-order valence-electron chi connectivity index (χ1n) is 7.35. The summed E-state index contributed by atoms with van der Waals surface area (Å²) in [6.45, 7) is 1.97. The molecule has 4 heteroatoms. The van der Waals surface area contributed by atoms with Gasteiger partial charge in [0.25, 0.3) is 0 Å². The number of urea groups is 1. The van der Waals surface area contributed by atoms with Gasteiger partial charge in [-0.3, -0.25) is 10.7 Å².